The van der Waals surface area contributed by atoms with Gasteiger partial charge >= 0.3 is 5.97 Å². The van der Waals surface area contributed by atoms with E-state index >= 15 is 0 Å². The Morgan fingerprint density at radius 2 is 1.94 bits per heavy atom. The number of carboxylic acid groups (broad SMARTS) is 1. The van der Waals surface area contributed by atoms with Gasteiger partial charge in [0.05, 0.1) is 11.2 Å². The molecule has 0 amide bonds. The van der Waals surface area contributed by atoms with Crippen LogP contribution in [0, 0.1) is 5.92 Å². The van der Waals surface area contributed by atoms with Crippen LogP contribution >= 0.6 is 0 Å². The molecule has 6 heteroatoms. The van der Waals surface area contributed by atoms with Crippen molar-refractivity contribution in [3.05, 3.63) is 0 Å². The normalized spacial score (nSPS) is 25.6. The number of rotatable bonds is 5. The third-order valence-electron chi connectivity index (χ3n) is 4.25. The highest BCUT2D eigenvalue weighted by Gasteiger charge is 2.46. The molecule has 1 aliphatic rings. The molecule has 0 aliphatic heterocycles. The van der Waals surface area contributed by atoms with Gasteiger partial charge < -0.3 is 5.11 Å². The van der Waals surface area contributed by atoms with Gasteiger partial charge in [0.15, 0.2) is 0 Å². The molecule has 1 N–H and O–H groups in total. The third-order valence-corrected chi connectivity index (χ3v) is 6.84. The van der Waals surface area contributed by atoms with Gasteiger partial charge in [-0.3, -0.25) is 4.79 Å². The molecule has 0 bridgehead atoms. The zero-order valence-corrected chi connectivity index (χ0v) is 12.3. The fourth-order valence-corrected chi connectivity index (χ4v) is 4.69. The lowest BCUT2D eigenvalue weighted by atomic mass is 10.0. The zero-order valence-electron chi connectivity index (χ0n) is 11.5. The van der Waals surface area contributed by atoms with Gasteiger partial charge in [-0.2, -0.15) is 4.31 Å². The summed E-state index contributed by atoms with van der Waals surface area (Å²) >= 11 is 0. The molecule has 0 aromatic heterocycles. The van der Waals surface area contributed by atoms with Gasteiger partial charge in [0.2, 0.25) is 10.0 Å². The second-order valence-electron chi connectivity index (χ2n) is 5.59. The number of hydrogen-bond donors (Lipinski definition) is 1. The Labute approximate surface area is 109 Å². The highest BCUT2D eigenvalue weighted by molar-refractivity contribution is 7.89. The zero-order chi connectivity index (χ0) is 14.1. The first kappa shape index (κ1) is 15.4. The maximum atomic E-state index is 12.5. The van der Waals surface area contributed by atoms with Crippen LogP contribution in [-0.4, -0.2) is 41.6 Å². The Morgan fingerprint density at radius 1 is 1.39 bits per heavy atom. The lowest BCUT2D eigenvalue weighted by Crippen LogP contribution is -2.49. The number of sulfonamides is 1. The van der Waals surface area contributed by atoms with Crippen LogP contribution in [-0.2, 0) is 14.8 Å². The third kappa shape index (κ3) is 2.69. The second kappa shape index (κ2) is 5.17. The first-order valence-electron chi connectivity index (χ1n) is 6.35. The Kier molecular flexibility index (Phi) is 4.43. The van der Waals surface area contributed by atoms with E-state index in [9.17, 15) is 13.2 Å². The van der Waals surface area contributed by atoms with Crippen LogP contribution in [0.15, 0.2) is 0 Å². The molecule has 0 aromatic carbocycles. The van der Waals surface area contributed by atoms with E-state index < -0.39 is 32.7 Å². The van der Waals surface area contributed by atoms with E-state index in [0.29, 0.717) is 25.7 Å². The SMILES string of the molecule is CCC(C)(C)N(C)S(=O)(=O)C1CCCC1C(=O)O. The molecule has 2 atom stereocenters. The Balaban J connectivity index is 3.03. The average molecular weight is 277 g/mol. The highest BCUT2D eigenvalue weighted by Crippen LogP contribution is 2.35. The van der Waals surface area contributed by atoms with Crippen molar-refractivity contribution in [2.24, 2.45) is 5.92 Å². The summed E-state index contributed by atoms with van der Waals surface area (Å²) < 4.78 is 26.4. The summed E-state index contributed by atoms with van der Waals surface area (Å²) in [5.74, 6) is -1.76. The number of carbonyl (C=O) groups is 1. The van der Waals surface area contributed by atoms with Crippen LogP contribution in [0.4, 0.5) is 0 Å². The smallest absolute Gasteiger partial charge is 0.307 e. The molecule has 18 heavy (non-hydrogen) atoms. The van der Waals surface area contributed by atoms with Crippen molar-refractivity contribution in [3.63, 3.8) is 0 Å². The molecule has 0 aromatic rings. The van der Waals surface area contributed by atoms with Crippen molar-refractivity contribution < 1.29 is 18.3 Å². The molecule has 0 spiro atoms. The Hall–Kier alpha value is -0.620. The minimum absolute atomic E-state index is 0.448. The van der Waals surface area contributed by atoms with Crippen LogP contribution in [0.25, 0.3) is 0 Å². The van der Waals surface area contributed by atoms with Gasteiger partial charge in [0, 0.05) is 12.6 Å². The molecule has 0 heterocycles. The maximum absolute atomic E-state index is 12.5. The standard InChI is InChI=1S/C12H23NO4S/c1-5-12(2,3)13(4)18(16,17)10-8-6-7-9(10)11(14)15/h9-10H,5-8H2,1-4H3,(H,14,15). The van der Waals surface area contributed by atoms with Crippen molar-refractivity contribution >= 4 is 16.0 Å². The van der Waals surface area contributed by atoms with E-state index in [4.69, 9.17) is 5.11 Å². The molecule has 1 aliphatic carbocycles. The number of carboxylic acids is 1. The van der Waals surface area contributed by atoms with Crippen molar-refractivity contribution in [1.29, 1.82) is 0 Å². The van der Waals surface area contributed by atoms with E-state index in [1.807, 2.05) is 20.8 Å². The van der Waals surface area contributed by atoms with E-state index in [1.54, 1.807) is 7.05 Å². The second-order valence-corrected chi connectivity index (χ2v) is 7.78. The highest BCUT2D eigenvalue weighted by atomic mass is 32.2. The predicted molar refractivity (Wildman–Crippen MR) is 69.8 cm³/mol. The van der Waals surface area contributed by atoms with Crippen molar-refractivity contribution in [3.8, 4) is 0 Å². The molecule has 5 nitrogen and oxygen atoms in total. The molecule has 0 saturated heterocycles. The van der Waals surface area contributed by atoms with Gasteiger partial charge in [-0.15, -0.1) is 0 Å². The fourth-order valence-electron chi connectivity index (χ4n) is 2.34. The van der Waals surface area contributed by atoms with Gasteiger partial charge in [-0.05, 0) is 33.1 Å². The van der Waals surface area contributed by atoms with E-state index in [2.05, 4.69) is 0 Å². The van der Waals surface area contributed by atoms with Crippen molar-refractivity contribution in [2.45, 2.75) is 57.2 Å². The molecule has 2 unspecified atom stereocenters. The summed E-state index contributed by atoms with van der Waals surface area (Å²) in [6.07, 6.45) is 2.26. The summed E-state index contributed by atoms with van der Waals surface area (Å²) in [7, 11) is -2.00. The fraction of sp³-hybridized carbons (Fsp3) is 0.917. The number of nitrogens with zero attached hydrogens (tertiary/aromatic N) is 1. The van der Waals surface area contributed by atoms with Crippen molar-refractivity contribution in [2.75, 3.05) is 7.05 Å². The topological polar surface area (TPSA) is 74.7 Å². The molecule has 1 fully saturated rings. The summed E-state index contributed by atoms with van der Waals surface area (Å²) in [6, 6.07) is 0. The first-order valence-corrected chi connectivity index (χ1v) is 7.85. The van der Waals surface area contributed by atoms with E-state index in [-0.39, 0.29) is 0 Å². The lowest BCUT2D eigenvalue weighted by Gasteiger charge is -2.36. The molecule has 106 valence electrons. The number of aliphatic carboxylic acids is 1. The van der Waals surface area contributed by atoms with Gasteiger partial charge in [-0.25, -0.2) is 8.42 Å². The molecule has 1 rings (SSSR count). The monoisotopic (exact) mass is 277 g/mol. The summed E-state index contributed by atoms with van der Waals surface area (Å²) in [5, 5.41) is 8.33. The summed E-state index contributed by atoms with van der Waals surface area (Å²) in [4.78, 5) is 11.1. The van der Waals surface area contributed by atoms with E-state index in [0.717, 1.165) is 0 Å². The van der Waals surface area contributed by atoms with Gasteiger partial charge in [0.1, 0.15) is 0 Å². The molecule has 1 saturated carbocycles. The lowest BCUT2D eigenvalue weighted by molar-refractivity contribution is -0.141. The Morgan fingerprint density at radius 3 is 2.39 bits per heavy atom. The Bertz CT molecular complexity index is 416. The van der Waals surface area contributed by atoms with Crippen LogP contribution < -0.4 is 0 Å². The van der Waals surface area contributed by atoms with E-state index in [1.165, 1.54) is 4.31 Å². The predicted octanol–water partition coefficient (Wildman–Crippen LogP) is 1.69. The van der Waals surface area contributed by atoms with Crippen LogP contribution in [0.1, 0.15) is 46.5 Å². The van der Waals surface area contributed by atoms with Gasteiger partial charge in [0.25, 0.3) is 0 Å². The first-order chi connectivity index (χ1) is 8.14. The van der Waals surface area contributed by atoms with Crippen LogP contribution in [0.3, 0.4) is 0 Å². The quantitative estimate of drug-likeness (QED) is 0.830. The van der Waals surface area contributed by atoms with Crippen LogP contribution in [0.2, 0.25) is 0 Å². The van der Waals surface area contributed by atoms with Crippen molar-refractivity contribution in [1.82, 2.24) is 4.31 Å². The summed E-state index contributed by atoms with van der Waals surface area (Å²) in [5.41, 5.74) is -0.482. The maximum Gasteiger partial charge on any atom is 0.307 e. The van der Waals surface area contributed by atoms with Gasteiger partial charge in [-0.1, -0.05) is 13.3 Å². The average Bonchev–Trinajstić information content (AvgIpc) is 2.77. The molecular formula is C12H23NO4S. The molecule has 0 radical (unpaired) electrons. The molecular weight excluding hydrogens is 254 g/mol. The minimum atomic E-state index is -3.55. The minimum Gasteiger partial charge on any atom is -0.481 e. The van der Waals surface area contributed by atoms with Crippen LogP contribution in [0.5, 0.6) is 0 Å². The number of hydrogen-bond acceptors (Lipinski definition) is 3. The largest absolute Gasteiger partial charge is 0.481 e. The summed E-state index contributed by atoms with van der Waals surface area (Å²) in [6.45, 7) is 5.64.